The number of hydrogen-bond donors (Lipinski definition) is 2. The molecule has 0 spiro atoms. The number of methoxy groups -OCH3 is 2. The Morgan fingerprint density at radius 3 is 2.15 bits per heavy atom. The van der Waals surface area contributed by atoms with E-state index in [1.807, 2.05) is 12.1 Å². The van der Waals surface area contributed by atoms with Gasteiger partial charge in [-0.3, -0.25) is 14.4 Å². The maximum atomic E-state index is 13.1. The van der Waals surface area contributed by atoms with Crippen LogP contribution in [0.5, 0.6) is 11.5 Å². The minimum absolute atomic E-state index is 0.141. The number of benzene rings is 2. The molecule has 176 valence electrons. The topological polar surface area (TPSA) is 97.0 Å². The molecular formula is C24H29N3O5S. The third kappa shape index (κ3) is 6.19. The Hall–Kier alpha value is -3.20. The molecule has 1 fully saturated rings. The Balaban J connectivity index is 1.78. The van der Waals surface area contributed by atoms with E-state index < -0.39 is 5.25 Å². The van der Waals surface area contributed by atoms with Crippen molar-refractivity contribution in [1.82, 2.24) is 4.90 Å². The lowest BCUT2D eigenvalue weighted by molar-refractivity contribution is -0.115. The molecule has 2 aromatic carbocycles. The predicted octanol–water partition coefficient (Wildman–Crippen LogP) is 4.02. The van der Waals surface area contributed by atoms with E-state index in [4.69, 9.17) is 9.47 Å². The highest BCUT2D eigenvalue weighted by Gasteiger charge is 2.26. The Kier molecular flexibility index (Phi) is 8.21. The standard InChI is InChI=1S/C24H29N3O5S/c1-15(33-18-9-7-17(8-10-18)25-16(2)28)23(29)26-20-14-22(32-4)21(31-3)13-19(20)24(30)27-11-5-6-12-27/h7-10,13-15H,5-6,11-12H2,1-4H3,(H,25,28)(H,26,29). The quantitative estimate of drug-likeness (QED) is 0.565. The second-order valence-corrected chi connectivity index (χ2v) is 9.12. The Morgan fingerprint density at radius 2 is 1.58 bits per heavy atom. The van der Waals surface area contributed by atoms with Gasteiger partial charge in [0.05, 0.1) is 30.7 Å². The number of carbonyl (C=O) groups is 3. The van der Waals surface area contributed by atoms with Crippen LogP contribution in [-0.4, -0.2) is 55.2 Å². The molecule has 0 radical (unpaired) electrons. The molecule has 1 atom stereocenters. The highest BCUT2D eigenvalue weighted by molar-refractivity contribution is 8.00. The van der Waals surface area contributed by atoms with Gasteiger partial charge in [0.2, 0.25) is 11.8 Å². The molecule has 0 aromatic heterocycles. The summed E-state index contributed by atoms with van der Waals surface area (Å²) in [5.41, 5.74) is 1.46. The summed E-state index contributed by atoms with van der Waals surface area (Å²) in [5.74, 6) is 0.336. The van der Waals surface area contributed by atoms with Crippen LogP contribution in [0.1, 0.15) is 37.0 Å². The third-order valence-electron chi connectivity index (χ3n) is 5.26. The lowest BCUT2D eigenvalue weighted by Crippen LogP contribution is -2.30. The molecule has 1 saturated heterocycles. The average molecular weight is 472 g/mol. The number of likely N-dealkylation sites (tertiary alicyclic amines) is 1. The van der Waals surface area contributed by atoms with Crippen molar-refractivity contribution in [2.75, 3.05) is 37.9 Å². The van der Waals surface area contributed by atoms with Crippen molar-refractivity contribution in [2.24, 2.45) is 0 Å². The van der Waals surface area contributed by atoms with Gasteiger partial charge < -0.3 is 25.0 Å². The summed E-state index contributed by atoms with van der Waals surface area (Å²) < 4.78 is 10.7. The Labute approximate surface area is 198 Å². The summed E-state index contributed by atoms with van der Waals surface area (Å²) in [6.07, 6.45) is 1.93. The summed E-state index contributed by atoms with van der Waals surface area (Å²) in [5, 5.41) is 5.18. The molecule has 1 heterocycles. The van der Waals surface area contributed by atoms with Gasteiger partial charge in [-0.15, -0.1) is 11.8 Å². The molecule has 2 N–H and O–H groups in total. The van der Waals surface area contributed by atoms with E-state index in [2.05, 4.69) is 10.6 Å². The molecule has 33 heavy (non-hydrogen) atoms. The summed E-state index contributed by atoms with van der Waals surface area (Å²) in [6.45, 7) is 4.64. The van der Waals surface area contributed by atoms with Gasteiger partial charge in [-0.1, -0.05) is 0 Å². The number of nitrogens with one attached hydrogen (secondary N) is 2. The predicted molar refractivity (Wildman–Crippen MR) is 129 cm³/mol. The van der Waals surface area contributed by atoms with Gasteiger partial charge in [0.25, 0.3) is 5.91 Å². The molecule has 3 amide bonds. The van der Waals surface area contributed by atoms with Crippen LogP contribution < -0.4 is 20.1 Å². The van der Waals surface area contributed by atoms with E-state index in [0.29, 0.717) is 41.5 Å². The van der Waals surface area contributed by atoms with Crippen LogP contribution in [-0.2, 0) is 9.59 Å². The Morgan fingerprint density at radius 1 is 0.970 bits per heavy atom. The molecule has 8 nitrogen and oxygen atoms in total. The van der Waals surface area contributed by atoms with Crippen molar-refractivity contribution in [1.29, 1.82) is 0 Å². The number of hydrogen-bond acceptors (Lipinski definition) is 6. The lowest BCUT2D eigenvalue weighted by Gasteiger charge is -2.21. The summed E-state index contributed by atoms with van der Waals surface area (Å²) >= 11 is 1.38. The van der Waals surface area contributed by atoms with Crippen molar-refractivity contribution in [3.05, 3.63) is 42.0 Å². The van der Waals surface area contributed by atoms with Crippen LogP contribution in [0.4, 0.5) is 11.4 Å². The first-order valence-corrected chi connectivity index (χ1v) is 11.6. The SMILES string of the molecule is COc1cc(NC(=O)C(C)Sc2ccc(NC(C)=O)cc2)c(C(=O)N2CCCC2)cc1OC. The van der Waals surface area contributed by atoms with Gasteiger partial charge in [-0.05, 0) is 50.1 Å². The van der Waals surface area contributed by atoms with Crippen molar-refractivity contribution in [2.45, 2.75) is 36.8 Å². The smallest absolute Gasteiger partial charge is 0.256 e. The molecular weight excluding hydrogens is 442 g/mol. The normalized spacial score (nSPS) is 13.9. The van der Waals surface area contributed by atoms with Gasteiger partial charge in [0.15, 0.2) is 11.5 Å². The largest absolute Gasteiger partial charge is 0.493 e. The number of thioether (sulfide) groups is 1. The van der Waals surface area contributed by atoms with E-state index >= 15 is 0 Å². The second-order valence-electron chi connectivity index (χ2n) is 7.71. The van der Waals surface area contributed by atoms with Crippen molar-refractivity contribution >= 4 is 40.9 Å². The molecule has 9 heteroatoms. The van der Waals surface area contributed by atoms with Crippen molar-refractivity contribution in [3.63, 3.8) is 0 Å². The number of amides is 3. The molecule has 3 rings (SSSR count). The molecule has 0 bridgehead atoms. The number of carbonyl (C=O) groups excluding carboxylic acids is 3. The van der Waals surface area contributed by atoms with Crippen LogP contribution in [0.15, 0.2) is 41.3 Å². The van der Waals surface area contributed by atoms with Gasteiger partial charge in [0.1, 0.15) is 0 Å². The van der Waals surface area contributed by atoms with E-state index in [1.54, 1.807) is 36.1 Å². The van der Waals surface area contributed by atoms with Gasteiger partial charge in [0, 0.05) is 36.7 Å². The summed E-state index contributed by atoms with van der Waals surface area (Å²) in [4.78, 5) is 40.0. The van der Waals surface area contributed by atoms with Gasteiger partial charge >= 0.3 is 0 Å². The van der Waals surface area contributed by atoms with Crippen LogP contribution >= 0.6 is 11.8 Å². The second kappa shape index (κ2) is 11.1. The average Bonchev–Trinajstić information content (AvgIpc) is 3.34. The van der Waals surface area contributed by atoms with Gasteiger partial charge in [-0.25, -0.2) is 0 Å². The zero-order valence-corrected chi connectivity index (χ0v) is 20.1. The number of rotatable bonds is 8. The fourth-order valence-corrected chi connectivity index (χ4v) is 4.43. The highest BCUT2D eigenvalue weighted by Crippen LogP contribution is 2.35. The maximum absolute atomic E-state index is 13.1. The first-order chi connectivity index (χ1) is 15.8. The van der Waals surface area contributed by atoms with E-state index in [9.17, 15) is 14.4 Å². The minimum Gasteiger partial charge on any atom is -0.493 e. The van der Waals surface area contributed by atoms with E-state index in [1.165, 1.54) is 32.9 Å². The molecule has 2 aromatic rings. The lowest BCUT2D eigenvalue weighted by atomic mass is 10.1. The number of anilines is 2. The third-order valence-corrected chi connectivity index (χ3v) is 6.37. The van der Waals surface area contributed by atoms with Crippen molar-refractivity contribution < 1.29 is 23.9 Å². The van der Waals surface area contributed by atoms with Gasteiger partial charge in [-0.2, -0.15) is 0 Å². The fourth-order valence-electron chi connectivity index (χ4n) is 3.56. The van der Waals surface area contributed by atoms with Crippen molar-refractivity contribution in [3.8, 4) is 11.5 Å². The highest BCUT2D eigenvalue weighted by atomic mass is 32.2. The summed E-state index contributed by atoms with van der Waals surface area (Å²) in [6, 6.07) is 10.5. The van der Waals surface area contributed by atoms with Crippen LogP contribution in [0, 0.1) is 0 Å². The first-order valence-electron chi connectivity index (χ1n) is 10.7. The summed E-state index contributed by atoms with van der Waals surface area (Å²) in [7, 11) is 3.02. The zero-order valence-electron chi connectivity index (χ0n) is 19.3. The number of nitrogens with zero attached hydrogens (tertiary/aromatic N) is 1. The maximum Gasteiger partial charge on any atom is 0.256 e. The molecule has 1 aliphatic rings. The molecule has 0 aliphatic carbocycles. The molecule has 1 unspecified atom stereocenters. The fraction of sp³-hybridized carbons (Fsp3) is 0.375. The van der Waals surface area contributed by atoms with E-state index in [0.717, 1.165) is 17.7 Å². The molecule has 1 aliphatic heterocycles. The van der Waals surface area contributed by atoms with E-state index in [-0.39, 0.29) is 17.7 Å². The number of ether oxygens (including phenoxy) is 2. The first kappa shape index (κ1) is 24.4. The molecule has 0 saturated carbocycles. The van der Waals surface area contributed by atoms with Crippen LogP contribution in [0.2, 0.25) is 0 Å². The van der Waals surface area contributed by atoms with Crippen LogP contribution in [0.25, 0.3) is 0 Å². The zero-order chi connectivity index (χ0) is 24.0. The monoisotopic (exact) mass is 471 g/mol. The Bertz CT molecular complexity index is 1020. The minimum atomic E-state index is -0.431. The van der Waals surface area contributed by atoms with Crippen LogP contribution in [0.3, 0.4) is 0 Å².